The quantitative estimate of drug-likeness (QED) is 0.432. The molecule has 0 aliphatic rings. The Bertz CT molecular complexity index is 1030. The third-order valence-corrected chi connectivity index (χ3v) is 4.04. The first-order chi connectivity index (χ1) is 13.6. The lowest BCUT2D eigenvalue weighted by Crippen LogP contribution is -2.17. The number of anilines is 1. The maximum Gasteiger partial charge on any atom is 0.271 e. The Morgan fingerprint density at radius 3 is 2.29 bits per heavy atom. The van der Waals surface area contributed by atoms with Crippen LogP contribution >= 0.6 is 0 Å². The summed E-state index contributed by atoms with van der Waals surface area (Å²) in [5.74, 6) is 6.02. The van der Waals surface area contributed by atoms with Gasteiger partial charge in [0.05, 0.1) is 6.21 Å². The van der Waals surface area contributed by atoms with E-state index in [4.69, 9.17) is 0 Å². The van der Waals surface area contributed by atoms with Crippen molar-refractivity contribution in [1.82, 2.24) is 5.43 Å². The highest BCUT2D eigenvalue weighted by Gasteiger charge is 2.04. The van der Waals surface area contributed by atoms with E-state index in [2.05, 4.69) is 22.4 Å². The van der Waals surface area contributed by atoms with Crippen LogP contribution in [0.15, 0.2) is 84.0 Å². The van der Waals surface area contributed by atoms with Crippen LogP contribution in [-0.4, -0.2) is 26.2 Å². The van der Waals surface area contributed by atoms with Crippen LogP contribution in [-0.2, 0) is 0 Å². The molecular weight excluding hydrogens is 346 g/mol. The van der Waals surface area contributed by atoms with Crippen molar-refractivity contribution >= 4 is 17.8 Å². The van der Waals surface area contributed by atoms with Gasteiger partial charge in [-0.1, -0.05) is 42.2 Å². The molecule has 0 heterocycles. The van der Waals surface area contributed by atoms with Gasteiger partial charge in [-0.2, -0.15) is 5.10 Å². The molecule has 138 valence electrons. The molecule has 4 nitrogen and oxygen atoms in total. The van der Waals surface area contributed by atoms with E-state index >= 15 is 0 Å². The van der Waals surface area contributed by atoms with Gasteiger partial charge in [0.15, 0.2) is 0 Å². The molecule has 0 aliphatic heterocycles. The van der Waals surface area contributed by atoms with Gasteiger partial charge in [0.25, 0.3) is 5.91 Å². The van der Waals surface area contributed by atoms with Crippen LogP contribution in [0.25, 0.3) is 0 Å². The summed E-state index contributed by atoms with van der Waals surface area (Å²) in [4.78, 5) is 14.2. The Labute approximate surface area is 165 Å². The van der Waals surface area contributed by atoms with E-state index in [0.717, 1.165) is 22.4 Å². The van der Waals surface area contributed by atoms with Gasteiger partial charge in [-0.05, 0) is 54.1 Å². The molecule has 0 bridgehead atoms. The monoisotopic (exact) mass is 367 g/mol. The van der Waals surface area contributed by atoms with E-state index in [1.165, 1.54) is 0 Å². The van der Waals surface area contributed by atoms with Gasteiger partial charge < -0.3 is 4.90 Å². The van der Waals surface area contributed by atoms with E-state index in [-0.39, 0.29) is 5.91 Å². The van der Waals surface area contributed by atoms with Crippen LogP contribution in [0.1, 0.15) is 27.0 Å². The molecule has 1 N–H and O–H groups in total. The molecule has 1 amide bonds. The third-order valence-electron chi connectivity index (χ3n) is 4.04. The maximum atomic E-state index is 12.2. The van der Waals surface area contributed by atoms with Crippen molar-refractivity contribution in [3.8, 4) is 11.8 Å². The highest BCUT2D eigenvalue weighted by atomic mass is 16.2. The van der Waals surface area contributed by atoms with E-state index in [1.54, 1.807) is 18.3 Å². The number of carbonyl (C=O) groups excluding carboxylic acids is 1. The van der Waals surface area contributed by atoms with Crippen LogP contribution in [0.4, 0.5) is 5.69 Å². The highest BCUT2D eigenvalue weighted by molar-refractivity contribution is 5.95. The number of rotatable bonds is 4. The van der Waals surface area contributed by atoms with Crippen LogP contribution in [0.3, 0.4) is 0 Å². The van der Waals surface area contributed by atoms with Crippen molar-refractivity contribution in [1.29, 1.82) is 0 Å². The molecule has 0 aliphatic carbocycles. The number of hydrogen-bond acceptors (Lipinski definition) is 3. The molecule has 0 aromatic heterocycles. The smallest absolute Gasteiger partial charge is 0.271 e. The first kappa shape index (κ1) is 18.9. The summed E-state index contributed by atoms with van der Waals surface area (Å²) in [5, 5.41) is 4.05. The van der Waals surface area contributed by atoms with Gasteiger partial charge in [-0.25, -0.2) is 5.43 Å². The molecule has 3 aromatic rings. The largest absolute Gasteiger partial charge is 0.378 e. The highest BCUT2D eigenvalue weighted by Crippen LogP contribution is 2.12. The molecular formula is C24H21N3O. The van der Waals surface area contributed by atoms with Gasteiger partial charge in [-0.3, -0.25) is 4.79 Å². The Hall–Kier alpha value is -3.84. The van der Waals surface area contributed by atoms with E-state index in [0.29, 0.717) is 5.56 Å². The molecule has 3 aromatic carbocycles. The SMILES string of the molecule is CN(C)c1ccc(C(=O)NN=Cc2cccc(C#Cc3ccccc3)c2)cc1. The van der Waals surface area contributed by atoms with Crippen molar-refractivity contribution in [3.05, 3.63) is 101 Å². The van der Waals surface area contributed by atoms with Crippen molar-refractivity contribution in [2.45, 2.75) is 0 Å². The van der Waals surface area contributed by atoms with Crippen molar-refractivity contribution in [2.24, 2.45) is 5.10 Å². The zero-order valence-corrected chi connectivity index (χ0v) is 15.9. The van der Waals surface area contributed by atoms with Crippen molar-refractivity contribution in [3.63, 3.8) is 0 Å². The van der Waals surface area contributed by atoms with Gasteiger partial charge >= 0.3 is 0 Å². The summed E-state index contributed by atoms with van der Waals surface area (Å²) in [6.45, 7) is 0. The van der Waals surface area contributed by atoms with Gasteiger partial charge in [-0.15, -0.1) is 0 Å². The average molecular weight is 367 g/mol. The number of nitrogens with one attached hydrogen (secondary N) is 1. The van der Waals surface area contributed by atoms with Gasteiger partial charge in [0.1, 0.15) is 0 Å². The molecule has 0 saturated carbocycles. The number of nitrogens with zero attached hydrogens (tertiary/aromatic N) is 2. The molecule has 0 atom stereocenters. The van der Waals surface area contributed by atoms with E-state index in [9.17, 15) is 4.79 Å². The van der Waals surface area contributed by atoms with E-state index < -0.39 is 0 Å². The molecule has 28 heavy (non-hydrogen) atoms. The molecule has 0 radical (unpaired) electrons. The second-order valence-corrected chi connectivity index (χ2v) is 6.38. The first-order valence-corrected chi connectivity index (χ1v) is 8.90. The molecule has 0 saturated heterocycles. The predicted molar refractivity (Wildman–Crippen MR) is 115 cm³/mol. The predicted octanol–water partition coefficient (Wildman–Crippen LogP) is 3.92. The van der Waals surface area contributed by atoms with Gasteiger partial charge in [0, 0.05) is 36.5 Å². The lowest BCUT2D eigenvalue weighted by atomic mass is 10.1. The Kier molecular flexibility index (Phi) is 6.22. The Balaban J connectivity index is 1.63. The number of amides is 1. The zero-order chi connectivity index (χ0) is 19.8. The fourth-order valence-electron chi connectivity index (χ4n) is 2.50. The molecule has 0 fully saturated rings. The fraction of sp³-hybridized carbons (Fsp3) is 0.0833. The number of benzene rings is 3. The van der Waals surface area contributed by atoms with Crippen LogP contribution in [0.2, 0.25) is 0 Å². The standard InChI is InChI=1S/C24H21N3O/c1-27(2)23-15-13-22(14-16-23)24(28)26-25-18-21-10-6-9-20(17-21)12-11-19-7-4-3-5-8-19/h3-10,13-18H,1-2H3,(H,26,28). The minimum Gasteiger partial charge on any atom is -0.378 e. The second kappa shape index (κ2) is 9.20. The summed E-state index contributed by atoms with van der Waals surface area (Å²) in [5.41, 5.74) is 6.87. The lowest BCUT2D eigenvalue weighted by Gasteiger charge is -2.12. The molecule has 0 spiro atoms. The summed E-state index contributed by atoms with van der Waals surface area (Å²) in [7, 11) is 3.91. The average Bonchev–Trinajstić information content (AvgIpc) is 2.73. The van der Waals surface area contributed by atoms with E-state index in [1.807, 2.05) is 85.7 Å². The fourth-order valence-corrected chi connectivity index (χ4v) is 2.50. The van der Waals surface area contributed by atoms with Gasteiger partial charge in [0.2, 0.25) is 0 Å². The van der Waals surface area contributed by atoms with Crippen LogP contribution < -0.4 is 10.3 Å². The summed E-state index contributed by atoms with van der Waals surface area (Å²) >= 11 is 0. The number of hydrazone groups is 1. The normalized spacial score (nSPS) is 10.2. The zero-order valence-electron chi connectivity index (χ0n) is 15.9. The summed E-state index contributed by atoms with van der Waals surface area (Å²) in [6.07, 6.45) is 1.61. The summed E-state index contributed by atoms with van der Waals surface area (Å²) in [6, 6.07) is 24.9. The summed E-state index contributed by atoms with van der Waals surface area (Å²) < 4.78 is 0. The van der Waals surface area contributed by atoms with Crippen LogP contribution in [0, 0.1) is 11.8 Å². The Morgan fingerprint density at radius 1 is 0.893 bits per heavy atom. The minimum absolute atomic E-state index is 0.249. The maximum absolute atomic E-state index is 12.2. The molecule has 4 heteroatoms. The number of carbonyl (C=O) groups is 1. The topological polar surface area (TPSA) is 44.7 Å². The Morgan fingerprint density at radius 2 is 1.57 bits per heavy atom. The molecule has 3 rings (SSSR count). The lowest BCUT2D eigenvalue weighted by molar-refractivity contribution is 0.0955. The number of hydrogen-bond donors (Lipinski definition) is 1. The third kappa shape index (κ3) is 5.33. The molecule has 0 unspecified atom stereocenters. The second-order valence-electron chi connectivity index (χ2n) is 6.38. The first-order valence-electron chi connectivity index (χ1n) is 8.90. The van der Waals surface area contributed by atoms with Crippen LogP contribution in [0.5, 0.6) is 0 Å². The van der Waals surface area contributed by atoms with Crippen molar-refractivity contribution in [2.75, 3.05) is 19.0 Å². The van der Waals surface area contributed by atoms with Crippen molar-refractivity contribution < 1.29 is 4.79 Å². The minimum atomic E-state index is -0.249.